The maximum absolute atomic E-state index is 11.4. The van der Waals surface area contributed by atoms with Gasteiger partial charge in [-0.15, -0.1) is 36.4 Å². The molecule has 3 N–H and O–H groups in total. The van der Waals surface area contributed by atoms with Crippen molar-refractivity contribution in [2.24, 2.45) is 0 Å². The molecule has 1 rings (SSSR count). The average Bonchev–Trinajstić information content (AvgIpc) is 2.33. The van der Waals surface area contributed by atoms with Gasteiger partial charge in [0.15, 0.2) is 0 Å². The summed E-state index contributed by atoms with van der Waals surface area (Å²) in [6.45, 7) is 0. The van der Waals surface area contributed by atoms with Gasteiger partial charge in [-0.05, 0) is 67.8 Å². The molecule has 0 aliphatic carbocycles. The molecule has 124 valence electrons. The Morgan fingerprint density at radius 1 is 0.909 bits per heavy atom. The second-order valence-corrected chi connectivity index (χ2v) is 6.86. The van der Waals surface area contributed by atoms with E-state index in [0.29, 0.717) is 0 Å². The van der Waals surface area contributed by atoms with Crippen LogP contribution in [0.2, 0.25) is 0 Å². The number of amides is 1. The molecule has 0 saturated carbocycles. The first-order valence-corrected chi connectivity index (χ1v) is 8.52. The number of anilines is 1. The van der Waals surface area contributed by atoms with Gasteiger partial charge < -0.3 is 15.5 Å². The molecule has 0 spiro atoms. The Morgan fingerprint density at radius 2 is 1.27 bits per heavy atom. The lowest BCUT2D eigenvalue weighted by atomic mass is 10.1. The SMILES string of the molecule is Cl.Cl.O=C(CCl)Nc1c(I)c(C(=O)O)c(I)c(C(=O)O)c1I. The van der Waals surface area contributed by atoms with Crippen LogP contribution in [0.1, 0.15) is 20.7 Å². The summed E-state index contributed by atoms with van der Waals surface area (Å²) in [5.74, 6) is -3.39. The third-order valence-electron chi connectivity index (χ3n) is 2.13. The highest BCUT2D eigenvalue weighted by Gasteiger charge is 2.28. The van der Waals surface area contributed by atoms with E-state index in [1.165, 1.54) is 0 Å². The van der Waals surface area contributed by atoms with Crippen LogP contribution in [0.3, 0.4) is 0 Å². The molecule has 0 bridgehead atoms. The van der Waals surface area contributed by atoms with E-state index in [9.17, 15) is 24.6 Å². The summed E-state index contributed by atoms with van der Waals surface area (Å²) in [6, 6.07) is 0. The molecule has 1 aromatic rings. The summed E-state index contributed by atoms with van der Waals surface area (Å²) in [5, 5.41) is 20.9. The molecule has 0 heterocycles. The number of hydrogen-bond acceptors (Lipinski definition) is 3. The molecule has 0 aromatic heterocycles. The van der Waals surface area contributed by atoms with Gasteiger partial charge in [-0.1, -0.05) is 0 Å². The van der Waals surface area contributed by atoms with E-state index in [2.05, 4.69) is 5.32 Å². The topological polar surface area (TPSA) is 104 Å². The Hall–Kier alpha value is 0.690. The van der Waals surface area contributed by atoms with Gasteiger partial charge in [-0.25, -0.2) is 9.59 Å². The van der Waals surface area contributed by atoms with Crippen molar-refractivity contribution in [3.05, 3.63) is 21.8 Å². The fourth-order valence-corrected chi connectivity index (χ4v) is 5.75. The Kier molecular flexibility index (Phi) is 11.9. The number of halogens is 6. The second kappa shape index (κ2) is 10.5. The zero-order chi connectivity index (χ0) is 15.6. The minimum absolute atomic E-state index is 0. The molecule has 1 aromatic carbocycles. The zero-order valence-corrected chi connectivity index (χ0v) is 19.0. The first kappa shape index (κ1) is 24.9. The molecule has 0 unspecified atom stereocenters. The van der Waals surface area contributed by atoms with E-state index in [1.54, 1.807) is 67.8 Å². The van der Waals surface area contributed by atoms with Crippen molar-refractivity contribution in [1.82, 2.24) is 0 Å². The smallest absolute Gasteiger partial charge is 0.337 e. The highest BCUT2D eigenvalue weighted by Crippen LogP contribution is 2.35. The number of rotatable bonds is 4. The Balaban J connectivity index is 0. The predicted molar refractivity (Wildman–Crippen MR) is 112 cm³/mol. The van der Waals surface area contributed by atoms with E-state index >= 15 is 0 Å². The summed E-state index contributed by atoms with van der Waals surface area (Å²) in [7, 11) is 0. The third kappa shape index (κ3) is 5.36. The van der Waals surface area contributed by atoms with Crippen molar-refractivity contribution in [1.29, 1.82) is 0 Å². The molecule has 1 amide bonds. The highest BCUT2D eigenvalue weighted by molar-refractivity contribution is 14.1. The van der Waals surface area contributed by atoms with Gasteiger partial charge in [0.1, 0.15) is 5.88 Å². The summed E-state index contributed by atoms with van der Waals surface area (Å²) < 4.78 is 0.625. The van der Waals surface area contributed by atoms with Crippen molar-refractivity contribution in [2.75, 3.05) is 11.2 Å². The number of nitrogens with one attached hydrogen (secondary N) is 1. The van der Waals surface area contributed by atoms with Crippen LogP contribution < -0.4 is 5.32 Å². The molecule has 0 atom stereocenters. The fraction of sp³-hybridized carbons (Fsp3) is 0.100. The Labute approximate surface area is 183 Å². The van der Waals surface area contributed by atoms with E-state index < -0.39 is 17.8 Å². The standard InChI is InChI=1S/C10H5ClI3NO5.2ClH/c11-1-2(16)15-8-6(13)3(9(17)18)5(12)4(7(8)14)10(19)20;;/h1H2,(H,15,16)(H,17,18)(H,19,20);2*1H. The van der Waals surface area contributed by atoms with Crippen molar-refractivity contribution in [3.63, 3.8) is 0 Å². The molecule has 0 fully saturated rings. The summed E-state index contributed by atoms with van der Waals surface area (Å²) in [6.07, 6.45) is 0. The maximum Gasteiger partial charge on any atom is 0.337 e. The van der Waals surface area contributed by atoms with Crippen LogP contribution in [0, 0.1) is 10.7 Å². The monoisotopic (exact) mass is 707 g/mol. The van der Waals surface area contributed by atoms with E-state index in [4.69, 9.17) is 11.6 Å². The molecule has 0 radical (unpaired) electrons. The van der Waals surface area contributed by atoms with Crippen molar-refractivity contribution in [3.8, 4) is 0 Å². The molecular formula is C10H7Cl3I3NO5. The van der Waals surface area contributed by atoms with Crippen LogP contribution in [-0.2, 0) is 4.79 Å². The van der Waals surface area contributed by atoms with Crippen LogP contribution in [0.25, 0.3) is 0 Å². The summed E-state index contributed by atoms with van der Waals surface area (Å²) in [4.78, 5) is 34.0. The molecule has 6 nitrogen and oxygen atoms in total. The molecule has 0 saturated heterocycles. The van der Waals surface area contributed by atoms with Crippen LogP contribution in [-0.4, -0.2) is 33.9 Å². The molecule has 12 heteroatoms. The van der Waals surface area contributed by atoms with Crippen LogP contribution in [0.4, 0.5) is 5.69 Å². The van der Waals surface area contributed by atoms with E-state index in [0.717, 1.165) is 0 Å². The minimum atomic E-state index is -1.26. The van der Waals surface area contributed by atoms with Gasteiger partial charge in [-0.3, -0.25) is 4.79 Å². The van der Waals surface area contributed by atoms with Crippen LogP contribution in [0.15, 0.2) is 0 Å². The molecular weight excluding hydrogens is 701 g/mol. The van der Waals surface area contributed by atoms with Gasteiger partial charge in [0.2, 0.25) is 5.91 Å². The third-order valence-corrected chi connectivity index (χ3v) is 5.61. The number of benzene rings is 1. The maximum atomic E-state index is 11.4. The van der Waals surface area contributed by atoms with Gasteiger partial charge in [0.25, 0.3) is 0 Å². The number of alkyl halides is 1. The van der Waals surface area contributed by atoms with Crippen LogP contribution in [0.5, 0.6) is 0 Å². The zero-order valence-electron chi connectivity index (χ0n) is 10.2. The van der Waals surface area contributed by atoms with Crippen molar-refractivity contribution >= 4 is 128 Å². The van der Waals surface area contributed by atoms with Gasteiger partial charge in [0, 0.05) is 3.57 Å². The van der Waals surface area contributed by atoms with Crippen LogP contribution >= 0.6 is 104 Å². The second-order valence-electron chi connectivity index (χ2n) is 3.36. The lowest BCUT2D eigenvalue weighted by Gasteiger charge is -2.15. The number of carboxylic acid groups (broad SMARTS) is 2. The highest BCUT2D eigenvalue weighted by atomic mass is 127. The fourth-order valence-electron chi connectivity index (χ4n) is 1.32. The number of carbonyl (C=O) groups excluding carboxylic acids is 1. The predicted octanol–water partition coefficient (Wildman–Crippen LogP) is 3.92. The quantitative estimate of drug-likeness (QED) is 0.326. The molecule has 22 heavy (non-hydrogen) atoms. The Morgan fingerprint density at radius 3 is 1.55 bits per heavy atom. The lowest BCUT2D eigenvalue weighted by Crippen LogP contribution is -2.20. The number of hydrogen-bond donors (Lipinski definition) is 3. The van der Waals surface area contributed by atoms with Gasteiger partial charge >= 0.3 is 11.9 Å². The van der Waals surface area contributed by atoms with E-state index in [-0.39, 0.29) is 58.2 Å². The Bertz CT molecular complexity index is 585. The lowest BCUT2D eigenvalue weighted by molar-refractivity contribution is -0.113. The first-order valence-electron chi connectivity index (χ1n) is 4.75. The molecule has 0 aliphatic rings. The van der Waals surface area contributed by atoms with Crippen molar-refractivity contribution in [2.45, 2.75) is 0 Å². The average molecular weight is 708 g/mol. The number of carboxylic acids is 2. The largest absolute Gasteiger partial charge is 0.478 e. The van der Waals surface area contributed by atoms with Gasteiger partial charge in [0.05, 0.1) is 24.0 Å². The molecule has 0 aliphatic heterocycles. The minimum Gasteiger partial charge on any atom is -0.478 e. The van der Waals surface area contributed by atoms with Gasteiger partial charge in [-0.2, -0.15) is 0 Å². The summed E-state index contributed by atoms with van der Waals surface area (Å²) >= 11 is 10.6. The normalized spacial score (nSPS) is 9.27. The number of aromatic carboxylic acids is 2. The van der Waals surface area contributed by atoms with Crippen molar-refractivity contribution < 1.29 is 24.6 Å². The number of carbonyl (C=O) groups is 3. The van der Waals surface area contributed by atoms with E-state index in [1.807, 2.05) is 0 Å². The first-order chi connectivity index (χ1) is 9.22. The summed E-state index contributed by atoms with van der Waals surface area (Å²) in [5.41, 5.74) is -0.171.